The summed E-state index contributed by atoms with van der Waals surface area (Å²) in [5, 5.41) is 12.3. The number of nitrogens with one attached hydrogen (secondary N) is 1. The summed E-state index contributed by atoms with van der Waals surface area (Å²) in [7, 11) is 3.50. The van der Waals surface area contributed by atoms with Gasteiger partial charge in [-0.15, -0.1) is 21.5 Å². The first kappa shape index (κ1) is 19.4. The third kappa shape index (κ3) is 4.14. The van der Waals surface area contributed by atoms with E-state index in [1.165, 1.54) is 23.1 Å². The first-order valence-corrected chi connectivity index (χ1v) is 10.0. The number of methoxy groups -OCH3 is 1. The van der Waals surface area contributed by atoms with Gasteiger partial charge < -0.3 is 14.6 Å². The Bertz CT molecular complexity index is 947. The van der Waals surface area contributed by atoms with E-state index < -0.39 is 0 Å². The number of ether oxygens (including phenoxy) is 1. The predicted octanol–water partition coefficient (Wildman–Crippen LogP) is 3.68. The number of benzene rings is 1. The highest BCUT2D eigenvalue weighted by Gasteiger charge is 2.21. The van der Waals surface area contributed by atoms with Gasteiger partial charge in [0.05, 0.1) is 23.6 Å². The van der Waals surface area contributed by atoms with Crippen molar-refractivity contribution in [1.82, 2.24) is 19.7 Å². The second-order valence-corrected chi connectivity index (χ2v) is 8.49. The number of aryl methyl sites for hydroxylation is 2. The molecule has 1 N–H and O–H groups in total. The van der Waals surface area contributed by atoms with E-state index in [1.807, 2.05) is 56.7 Å². The van der Waals surface area contributed by atoms with Crippen LogP contribution in [0.3, 0.4) is 0 Å². The highest BCUT2D eigenvalue weighted by Crippen LogP contribution is 2.31. The van der Waals surface area contributed by atoms with Gasteiger partial charge in [-0.2, -0.15) is 0 Å². The van der Waals surface area contributed by atoms with Crippen LogP contribution in [0.2, 0.25) is 0 Å². The third-order valence-electron chi connectivity index (χ3n) is 4.09. The van der Waals surface area contributed by atoms with Crippen molar-refractivity contribution in [2.45, 2.75) is 31.2 Å². The van der Waals surface area contributed by atoms with Crippen LogP contribution in [0.4, 0.5) is 5.13 Å². The van der Waals surface area contributed by atoms with Gasteiger partial charge in [-0.25, -0.2) is 4.98 Å². The number of amides is 1. The first-order valence-electron chi connectivity index (χ1n) is 8.35. The number of anilines is 1. The molecule has 1 amide bonds. The Morgan fingerprint density at radius 2 is 2.04 bits per heavy atom. The number of hydrogen-bond donors (Lipinski definition) is 1. The summed E-state index contributed by atoms with van der Waals surface area (Å²) in [6, 6.07) is 7.64. The molecule has 2 heterocycles. The lowest BCUT2D eigenvalue weighted by Gasteiger charge is -2.11. The van der Waals surface area contributed by atoms with Gasteiger partial charge in [0.1, 0.15) is 5.75 Å². The van der Waals surface area contributed by atoms with Gasteiger partial charge in [0.2, 0.25) is 5.91 Å². The van der Waals surface area contributed by atoms with E-state index >= 15 is 0 Å². The SMILES string of the molecule is COc1ccccc1-c1nnc(S[C@H](C)C(=O)Nc2nc(C)c(C)s2)n1C. The molecule has 2 aromatic heterocycles. The molecule has 0 unspecified atom stereocenters. The molecule has 3 rings (SSSR count). The Morgan fingerprint density at radius 3 is 2.70 bits per heavy atom. The predicted molar refractivity (Wildman–Crippen MR) is 109 cm³/mol. The summed E-state index contributed by atoms with van der Waals surface area (Å²) >= 11 is 2.83. The standard InChI is InChI=1S/C18H21N5O2S2/c1-10-11(2)26-17(19-10)20-16(24)12(3)27-18-22-21-15(23(18)4)13-8-6-7-9-14(13)25-5/h6-9,12H,1-5H3,(H,19,20,24)/t12-/m1/s1. The molecule has 9 heteroatoms. The second-order valence-electron chi connectivity index (χ2n) is 5.98. The van der Waals surface area contributed by atoms with E-state index in [0.29, 0.717) is 16.1 Å². The number of nitrogens with zero attached hydrogens (tertiary/aromatic N) is 4. The zero-order valence-corrected chi connectivity index (χ0v) is 17.4. The Balaban J connectivity index is 1.74. The van der Waals surface area contributed by atoms with Crippen molar-refractivity contribution < 1.29 is 9.53 Å². The molecule has 0 bridgehead atoms. The van der Waals surface area contributed by atoms with Gasteiger partial charge >= 0.3 is 0 Å². The fourth-order valence-corrected chi connectivity index (χ4v) is 4.06. The number of aromatic nitrogens is 4. The van der Waals surface area contributed by atoms with Gasteiger partial charge in [-0.05, 0) is 32.9 Å². The third-order valence-corrected chi connectivity index (χ3v) is 6.22. The van der Waals surface area contributed by atoms with Crippen LogP contribution in [0.1, 0.15) is 17.5 Å². The van der Waals surface area contributed by atoms with E-state index in [9.17, 15) is 4.79 Å². The Morgan fingerprint density at radius 1 is 1.30 bits per heavy atom. The molecule has 0 saturated carbocycles. The fourth-order valence-electron chi connectivity index (χ4n) is 2.43. The summed E-state index contributed by atoms with van der Waals surface area (Å²) in [6.07, 6.45) is 0. The van der Waals surface area contributed by atoms with Crippen LogP contribution in [0, 0.1) is 13.8 Å². The fraction of sp³-hybridized carbons (Fsp3) is 0.333. The van der Waals surface area contributed by atoms with Crippen LogP contribution >= 0.6 is 23.1 Å². The summed E-state index contributed by atoms with van der Waals surface area (Å²) in [5.41, 5.74) is 1.79. The van der Waals surface area contributed by atoms with Crippen LogP contribution in [0.15, 0.2) is 29.4 Å². The summed E-state index contributed by atoms with van der Waals surface area (Å²) < 4.78 is 7.27. The van der Waals surface area contributed by atoms with Crippen molar-refractivity contribution in [3.8, 4) is 17.1 Å². The minimum absolute atomic E-state index is 0.115. The van der Waals surface area contributed by atoms with Crippen molar-refractivity contribution in [2.75, 3.05) is 12.4 Å². The monoisotopic (exact) mass is 403 g/mol. The molecule has 0 fully saturated rings. The lowest BCUT2D eigenvalue weighted by Crippen LogP contribution is -2.22. The maximum absolute atomic E-state index is 12.5. The van der Waals surface area contributed by atoms with Crippen LogP contribution in [0.25, 0.3) is 11.4 Å². The number of thiazole rings is 1. The average Bonchev–Trinajstić information content (AvgIpc) is 3.16. The van der Waals surface area contributed by atoms with Crippen LogP contribution in [-0.4, -0.2) is 38.0 Å². The molecule has 0 saturated heterocycles. The molecule has 0 spiro atoms. The van der Waals surface area contributed by atoms with E-state index in [-0.39, 0.29) is 11.2 Å². The molecule has 1 atom stereocenters. The lowest BCUT2D eigenvalue weighted by atomic mass is 10.2. The Labute approximate surface area is 166 Å². The highest BCUT2D eigenvalue weighted by atomic mass is 32.2. The normalized spacial score (nSPS) is 12.0. The quantitative estimate of drug-likeness (QED) is 0.632. The molecule has 0 aliphatic carbocycles. The molecule has 0 radical (unpaired) electrons. The van der Waals surface area contributed by atoms with Crippen molar-refractivity contribution in [3.63, 3.8) is 0 Å². The maximum atomic E-state index is 12.5. The Kier molecular flexibility index (Phi) is 5.81. The molecule has 142 valence electrons. The van der Waals surface area contributed by atoms with Gasteiger partial charge in [-0.1, -0.05) is 23.9 Å². The maximum Gasteiger partial charge on any atom is 0.239 e. The molecule has 7 nitrogen and oxygen atoms in total. The number of thioether (sulfide) groups is 1. The zero-order valence-electron chi connectivity index (χ0n) is 15.8. The summed E-state index contributed by atoms with van der Waals surface area (Å²) in [5.74, 6) is 1.30. The van der Waals surface area contributed by atoms with E-state index in [1.54, 1.807) is 7.11 Å². The molecule has 27 heavy (non-hydrogen) atoms. The van der Waals surface area contributed by atoms with Crippen molar-refractivity contribution >= 4 is 34.1 Å². The largest absolute Gasteiger partial charge is 0.496 e. The molecular formula is C18H21N5O2S2. The van der Waals surface area contributed by atoms with Crippen molar-refractivity contribution in [1.29, 1.82) is 0 Å². The number of carbonyl (C=O) groups is 1. The van der Waals surface area contributed by atoms with E-state index in [4.69, 9.17) is 4.74 Å². The summed E-state index contributed by atoms with van der Waals surface area (Å²) in [4.78, 5) is 17.9. The van der Waals surface area contributed by atoms with Crippen LogP contribution in [-0.2, 0) is 11.8 Å². The van der Waals surface area contributed by atoms with Crippen LogP contribution in [0.5, 0.6) is 5.75 Å². The van der Waals surface area contributed by atoms with Gasteiger partial charge in [-0.3, -0.25) is 4.79 Å². The minimum atomic E-state index is -0.345. The van der Waals surface area contributed by atoms with Gasteiger partial charge in [0.15, 0.2) is 16.1 Å². The second kappa shape index (κ2) is 8.10. The smallest absolute Gasteiger partial charge is 0.239 e. The van der Waals surface area contributed by atoms with Crippen molar-refractivity contribution in [3.05, 3.63) is 34.8 Å². The molecule has 0 aliphatic heterocycles. The molecule has 3 aromatic rings. The molecule has 1 aromatic carbocycles. The van der Waals surface area contributed by atoms with E-state index in [0.717, 1.165) is 21.9 Å². The van der Waals surface area contributed by atoms with Gasteiger partial charge in [0.25, 0.3) is 0 Å². The minimum Gasteiger partial charge on any atom is -0.496 e. The zero-order chi connectivity index (χ0) is 19.6. The lowest BCUT2D eigenvalue weighted by molar-refractivity contribution is -0.115. The number of carbonyl (C=O) groups excluding carboxylic acids is 1. The van der Waals surface area contributed by atoms with Crippen LogP contribution < -0.4 is 10.1 Å². The number of rotatable bonds is 6. The Hall–Kier alpha value is -2.39. The first-order chi connectivity index (χ1) is 12.9. The topological polar surface area (TPSA) is 81.9 Å². The number of hydrogen-bond acceptors (Lipinski definition) is 7. The average molecular weight is 404 g/mol. The van der Waals surface area contributed by atoms with Gasteiger partial charge in [0, 0.05) is 11.9 Å². The van der Waals surface area contributed by atoms with E-state index in [2.05, 4.69) is 20.5 Å². The van der Waals surface area contributed by atoms with Crippen molar-refractivity contribution in [2.24, 2.45) is 7.05 Å². The summed E-state index contributed by atoms with van der Waals surface area (Å²) in [6.45, 7) is 5.75. The molecular weight excluding hydrogens is 382 g/mol. The number of para-hydroxylation sites is 1. The highest BCUT2D eigenvalue weighted by molar-refractivity contribution is 8.00. The molecule has 0 aliphatic rings.